The lowest BCUT2D eigenvalue weighted by Gasteiger charge is -2.03. The zero-order chi connectivity index (χ0) is 12.8. The molecule has 0 rings (SSSR count). The van der Waals surface area contributed by atoms with E-state index in [-0.39, 0.29) is 19.2 Å². The number of hydrogen-bond acceptors (Lipinski definition) is 2. The van der Waals surface area contributed by atoms with Crippen molar-refractivity contribution in [1.29, 1.82) is 0 Å². The van der Waals surface area contributed by atoms with E-state index < -0.39 is 0 Å². The molecule has 3 nitrogen and oxygen atoms in total. The highest BCUT2D eigenvalue weighted by molar-refractivity contribution is 5.69. The van der Waals surface area contributed by atoms with Crippen molar-refractivity contribution in [2.24, 2.45) is 0 Å². The van der Waals surface area contributed by atoms with E-state index in [0.717, 1.165) is 12.8 Å². The lowest BCUT2D eigenvalue weighted by molar-refractivity contribution is -0.145. The molecular formula is C14H27O3. The van der Waals surface area contributed by atoms with E-state index in [1.54, 1.807) is 0 Å². The van der Waals surface area contributed by atoms with Gasteiger partial charge in [-0.15, -0.1) is 0 Å². The Morgan fingerprint density at radius 1 is 0.882 bits per heavy atom. The topological polar surface area (TPSA) is 46.2 Å². The average molecular weight is 243 g/mol. The smallest absolute Gasteiger partial charge is 0.305 e. The van der Waals surface area contributed by atoms with Crippen LogP contribution in [0.1, 0.15) is 71.1 Å². The first kappa shape index (κ1) is 16.4. The Kier molecular flexibility index (Phi) is 13.0. The summed E-state index contributed by atoms with van der Waals surface area (Å²) < 4.78 is 4.71. The van der Waals surface area contributed by atoms with Crippen LogP contribution in [0.3, 0.4) is 0 Å². The average Bonchev–Trinajstić information content (AvgIpc) is 2.34. The van der Waals surface area contributed by atoms with E-state index >= 15 is 0 Å². The lowest BCUT2D eigenvalue weighted by atomic mass is 10.1. The number of rotatable bonds is 12. The van der Waals surface area contributed by atoms with Gasteiger partial charge in [-0.2, -0.15) is 0 Å². The van der Waals surface area contributed by atoms with Gasteiger partial charge in [-0.25, -0.2) is 5.11 Å². The van der Waals surface area contributed by atoms with Crippen LogP contribution in [0.4, 0.5) is 0 Å². The maximum atomic E-state index is 11.0. The Morgan fingerprint density at radius 3 is 1.94 bits per heavy atom. The van der Waals surface area contributed by atoms with Crippen molar-refractivity contribution >= 4 is 5.97 Å². The van der Waals surface area contributed by atoms with Crippen molar-refractivity contribution in [1.82, 2.24) is 0 Å². The van der Waals surface area contributed by atoms with Gasteiger partial charge in [0.1, 0.15) is 13.2 Å². The van der Waals surface area contributed by atoms with Gasteiger partial charge in [0.15, 0.2) is 0 Å². The van der Waals surface area contributed by atoms with Crippen LogP contribution >= 0.6 is 0 Å². The first-order chi connectivity index (χ1) is 8.31. The van der Waals surface area contributed by atoms with Crippen molar-refractivity contribution in [2.45, 2.75) is 71.1 Å². The van der Waals surface area contributed by atoms with Crippen LogP contribution in [0.5, 0.6) is 0 Å². The summed E-state index contributed by atoms with van der Waals surface area (Å²) in [6.07, 6.45) is 11.6. The molecule has 0 saturated carbocycles. The Balaban J connectivity index is 3.05. The van der Waals surface area contributed by atoms with Gasteiger partial charge < -0.3 is 4.74 Å². The monoisotopic (exact) mass is 243 g/mol. The van der Waals surface area contributed by atoms with Crippen molar-refractivity contribution in [2.75, 3.05) is 13.2 Å². The molecule has 0 aromatic heterocycles. The molecule has 3 heteroatoms. The summed E-state index contributed by atoms with van der Waals surface area (Å²) in [6.45, 7) is 1.92. The van der Waals surface area contributed by atoms with Gasteiger partial charge in [-0.1, -0.05) is 58.3 Å². The maximum Gasteiger partial charge on any atom is 0.305 e. The summed E-state index contributed by atoms with van der Waals surface area (Å²) in [5.74, 6) is -0.219. The van der Waals surface area contributed by atoms with Crippen molar-refractivity contribution in [3.8, 4) is 0 Å². The van der Waals surface area contributed by atoms with Gasteiger partial charge in [0.2, 0.25) is 0 Å². The molecule has 17 heavy (non-hydrogen) atoms. The van der Waals surface area contributed by atoms with Crippen LogP contribution in [-0.2, 0) is 14.6 Å². The molecule has 0 amide bonds. The van der Waals surface area contributed by atoms with Gasteiger partial charge in [-0.05, 0) is 6.42 Å². The Bertz CT molecular complexity index is 169. The molecule has 0 aromatic carbocycles. The summed E-state index contributed by atoms with van der Waals surface area (Å²) in [6, 6.07) is 0. The van der Waals surface area contributed by atoms with Gasteiger partial charge in [-0.3, -0.25) is 4.79 Å². The first-order valence-corrected chi connectivity index (χ1v) is 7.05. The summed E-state index contributed by atoms with van der Waals surface area (Å²) in [5.41, 5.74) is 0. The third-order valence-corrected chi connectivity index (χ3v) is 2.83. The Morgan fingerprint density at radius 2 is 1.41 bits per heavy atom. The zero-order valence-corrected chi connectivity index (χ0v) is 11.2. The van der Waals surface area contributed by atoms with Crippen molar-refractivity contribution in [3.63, 3.8) is 0 Å². The number of carbonyl (C=O) groups excluding carboxylic acids is 1. The predicted octanol–water partition coefficient (Wildman–Crippen LogP) is 3.88. The second kappa shape index (κ2) is 13.5. The van der Waals surface area contributed by atoms with Gasteiger partial charge in [0, 0.05) is 6.42 Å². The number of hydrogen-bond donors (Lipinski definition) is 0. The van der Waals surface area contributed by atoms with E-state index in [9.17, 15) is 9.90 Å². The van der Waals surface area contributed by atoms with Gasteiger partial charge in [0.05, 0.1) is 0 Å². The van der Waals surface area contributed by atoms with E-state index in [2.05, 4.69) is 6.92 Å². The lowest BCUT2D eigenvalue weighted by Crippen LogP contribution is -2.07. The van der Waals surface area contributed by atoms with Crippen LogP contribution in [0.25, 0.3) is 0 Å². The van der Waals surface area contributed by atoms with Gasteiger partial charge >= 0.3 is 5.97 Å². The van der Waals surface area contributed by atoms with Crippen LogP contribution < -0.4 is 0 Å². The third-order valence-electron chi connectivity index (χ3n) is 2.83. The predicted molar refractivity (Wildman–Crippen MR) is 68.4 cm³/mol. The highest BCUT2D eigenvalue weighted by Gasteiger charge is 2.01. The molecule has 0 heterocycles. The first-order valence-electron chi connectivity index (χ1n) is 7.05. The molecule has 0 spiro atoms. The molecule has 0 N–H and O–H groups in total. The minimum Gasteiger partial charge on any atom is -0.463 e. The van der Waals surface area contributed by atoms with Crippen LogP contribution in [0.2, 0.25) is 0 Å². The normalized spacial score (nSPS) is 10.5. The second-order valence-corrected chi connectivity index (χ2v) is 4.50. The van der Waals surface area contributed by atoms with E-state index in [1.165, 1.54) is 44.9 Å². The number of unbranched alkanes of at least 4 members (excludes halogenated alkanes) is 8. The van der Waals surface area contributed by atoms with Crippen LogP contribution in [0, 0.1) is 0 Å². The molecular weight excluding hydrogens is 216 g/mol. The number of esters is 1. The fourth-order valence-corrected chi connectivity index (χ4v) is 1.81. The second-order valence-electron chi connectivity index (χ2n) is 4.50. The van der Waals surface area contributed by atoms with E-state index in [1.807, 2.05) is 0 Å². The molecule has 0 aliphatic rings. The standard InChI is InChI=1S/C14H27O3/c1-2-3-4-5-6-7-8-9-10-11-14(16)17-13-12-15/h2-13H2,1H3. The number of ether oxygens (including phenoxy) is 1. The van der Waals surface area contributed by atoms with Crippen molar-refractivity contribution < 1.29 is 14.6 Å². The molecule has 0 aromatic rings. The van der Waals surface area contributed by atoms with E-state index in [4.69, 9.17) is 4.74 Å². The molecule has 0 fully saturated rings. The SMILES string of the molecule is CCCCCCCCCCCC(=O)OCC[O]. The molecule has 101 valence electrons. The molecule has 0 atom stereocenters. The van der Waals surface area contributed by atoms with Crippen LogP contribution in [-0.4, -0.2) is 19.2 Å². The minimum atomic E-state index is -0.330. The van der Waals surface area contributed by atoms with Gasteiger partial charge in [0.25, 0.3) is 0 Å². The highest BCUT2D eigenvalue weighted by atomic mass is 16.5. The van der Waals surface area contributed by atoms with E-state index in [0.29, 0.717) is 6.42 Å². The quantitative estimate of drug-likeness (QED) is 0.386. The minimum absolute atomic E-state index is 0.0241. The largest absolute Gasteiger partial charge is 0.463 e. The summed E-state index contributed by atoms with van der Waals surface area (Å²) >= 11 is 0. The molecule has 0 aliphatic carbocycles. The molecule has 0 unspecified atom stereocenters. The molecule has 0 saturated heterocycles. The Labute approximate surface area is 106 Å². The molecule has 0 aliphatic heterocycles. The summed E-state index contributed by atoms with van der Waals surface area (Å²) in [5, 5.41) is 10.1. The molecule has 1 radical (unpaired) electrons. The number of carbonyl (C=O) groups is 1. The fourth-order valence-electron chi connectivity index (χ4n) is 1.81. The van der Waals surface area contributed by atoms with Crippen molar-refractivity contribution in [3.05, 3.63) is 0 Å². The Hall–Kier alpha value is -0.570. The maximum absolute atomic E-state index is 11.0. The third kappa shape index (κ3) is 13.4. The highest BCUT2D eigenvalue weighted by Crippen LogP contribution is 2.10. The summed E-state index contributed by atoms with van der Waals surface area (Å²) in [7, 11) is 0. The van der Waals surface area contributed by atoms with Crippen LogP contribution in [0.15, 0.2) is 0 Å². The fraction of sp³-hybridized carbons (Fsp3) is 0.929. The molecule has 0 bridgehead atoms. The summed E-state index contributed by atoms with van der Waals surface area (Å²) in [4.78, 5) is 11.0. The zero-order valence-electron chi connectivity index (χ0n) is 11.2.